The highest BCUT2D eigenvalue weighted by molar-refractivity contribution is 6.19. The fourth-order valence-electron chi connectivity index (χ4n) is 0.827. The van der Waals surface area contributed by atoms with Crippen molar-refractivity contribution in [1.29, 1.82) is 0 Å². The third-order valence-electron chi connectivity index (χ3n) is 1.58. The van der Waals surface area contributed by atoms with Gasteiger partial charge in [0.2, 0.25) is 0 Å². The summed E-state index contributed by atoms with van der Waals surface area (Å²) in [6.07, 6.45) is 7.08. The third-order valence-corrected chi connectivity index (χ3v) is 2.00. The zero-order valence-corrected chi connectivity index (χ0v) is 10.2. The van der Waals surface area contributed by atoms with Crippen molar-refractivity contribution >= 4 is 17.6 Å². The van der Waals surface area contributed by atoms with Gasteiger partial charge in [-0.25, -0.2) is 4.79 Å². The molecule has 15 heavy (non-hydrogen) atoms. The monoisotopic (exact) mass is 228 g/mol. The molecular formula is C12H17ClO2. The van der Waals surface area contributed by atoms with E-state index in [1.807, 2.05) is 32.1 Å². The largest absolute Gasteiger partial charge is 0.463 e. The number of hydrogen-bond acceptors (Lipinski definition) is 2. The average Bonchev–Trinajstić information content (AvgIpc) is 2.17. The molecular weight excluding hydrogens is 212 g/mol. The lowest BCUT2D eigenvalue weighted by Crippen LogP contribution is -1.99. The van der Waals surface area contributed by atoms with Crippen LogP contribution in [0.25, 0.3) is 0 Å². The summed E-state index contributed by atoms with van der Waals surface area (Å²) in [4.78, 5) is 11.0. The van der Waals surface area contributed by atoms with E-state index in [2.05, 4.69) is 0 Å². The molecule has 0 unspecified atom stereocenters. The van der Waals surface area contributed by atoms with E-state index in [0.717, 1.165) is 11.1 Å². The molecule has 0 spiro atoms. The van der Waals surface area contributed by atoms with E-state index in [1.54, 1.807) is 6.92 Å². The Morgan fingerprint density at radius 1 is 1.40 bits per heavy atom. The van der Waals surface area contributed by atoms with Crippen LogP contribution in [0.5, 0.6) is 0 Å². The molecule has 0 aliphatic rings. The molecule has 0 saturated heterocycles. The smallest absolute Gasteiger partial charge is 0.330 e. The Morgan fingerprint density at radius 2 is 2.07 bits per heavy atom. The molecule has 3 heteroatoms. The molecule has 0 aliphatic carbocycles. The van der Waals surface area contributed by atoms with Crippen LogP contribution in [0.15, 0.2) is 35.5 Å². The number of esters is 1. The van der Waals surface area contributed by atoms with Crippen LogP contribution >= 0.6 is 11.6 Å². The highest BCUT2D eigenvalue weighted by Crippen LogP contribution is 2.00. The maximum Gasteiger partial charge on any atom is 0.330 e. The minimum atomic E-state index is -0.308. The van der Waals surface area contributed by atoms with E-state index in [1.165, 1.54) is 6.08 Å². The molecule has 2 nitrogen and oxygen atoms in total. The molecule has 0 aromatic heterocycles. The number of carbonyl (C=O) groups is 1. The molecule has 0 rings (SSSR count). The standard InChI is InChI=1S/C12H17ClO2/c1-4-15-12(14)8-10(2)6-5-7-11(3)9-13/h5-8H,4,9H2,1-3H3/b6-5+,10-8+,11-7+. The van der Waals surface area contributed by atoms with E-state index >= 15 is 0 Å². The van der Waals surface area contributed by atoms with Crippen LogP contribution in [-0.2, 0) is 9.53 Å². The first-order chi connectivity index (χ1) is 7.10. The number of allylic oxidation sites excluding steroid dienone is 5. The highest BCUT2D eigenvalue weighted by Gasteiger charge is 1.94. The summed E-state index contributed by atoms with van der Waals surface area (Å²) in [5.41, 5.74) is 1.93. The van der Waals surface area contributed by atoms with Crippen molar-refractivity contribution in [3.63, 3.8) is 0 Å². The first kappa shape index (κ1) is 14.0. The fourth-order valence-corrected chi connectivity index (χ4v) is 0.916. The van der Waals surface area contributed by atoms with Gasteiger partial charge in [-0.05, 0) is 26.3 Å². The highest BCUT2D eigenvalue weighted by atomic mass is 35.5. The van der Waals surface area contributed by atoms with E-state index in [4.69, 9.17) is 16.3 Å². The van der Waals surface area contributed by atoms with E-state index in [9.17, 15) is 4.79 Å². The predicted octanol–water partition coefficient (Wildman–Crippen LogP) is 3.24. The Bertz CT molecular complexity index is 288. The second-order valence-corrected chi connectivity index (χ2v) is 3.41. The van der Waals surface area contributed by atoms with E-state index in [0.29, 0.717) is 12.5 Å². The maximum atomic E-state index is 11.0. The summed E-state index contributed by atoms with van der Waals surface area (Å²) in [5.74, 6) is 0.211. The summed E-state index contributed by atoms with van der Waals surface area (Å²) in [7, 11) is 0. The number of rotatable bonds is 5. The molecule has 0 aromatic rings. The van der Waals surface area contributed by atoms with Crippen LogP contribution in [0.2, 0.25) is 0 Å². The number of halogens is 1. The van der Waals surface area contributed by atoms with Crippen molar-refractivity contribution in [3.8, 4) is 0 Å². The first-order valence-corrected chi connectivity index (χ1v) is 5.38. The Balaban J connectivity index is 4.23. The normalized spacial score (nSPS) is 13.3. The summed E-state index contributed by atoms with van der Waals surface area (Å²) in [6.45, 7) is 5.97. The van der Waals surface area contributed by atoms with Crippen molar-refractivity contribution in [3.05, 3.63) is 35.5 Å². The Morgan fingerprint density at radius 3 is 2.60 bits per heavy atom. The summed E-state index contributed by atoms with van der Waals surface area (Å²) in [5, 5.41) is 0. The van der Waals surface area contributed by atoms with Crippen LogP contribution in [0.3, 0.4) is 0 Å². The second-order valence-electron chi connectivity index (χ2n) is 3.15. The van der Waals surface area contributed by atoms with Gasteiger partial charge >= 0.3 is 5.97 Å². The molecule has 0 bridgehead atoms. The summed E-state index contributed by atoms with van der Waals surface area (Å²) >= 11 is 5.60. The zero-order valence-electron chi connectivity index (χ0n) is 9.42. The average molecular weight is 229 g/mol. The second kappa shape index (κ2) is 8.30. The number of carbonyl (C=O) groups excluding carboxylic acids is 1. The number of hydrogen-bond donors (Lipinski definition) is 0. The van der Waals surface area contributed by atoms with Gasteiger partial charge in [-0.3, -0.25) is 0 Å². The summed E-state index contributed by atoms with van der Waals surface area (Å²) < 4.78 is 4.78. The van der Waals surface area contributed by atoms with Crippen LogP contribution in [0, 0.1) is 0 Å². The Labute approximate surface area is 96.3 Å². The minimum Gasteiger partial charge on any atom is -0.463 e. The van der Waals surface area contributed by atoms with Crippen molar-refractivity contribution in [2.45, 2.75) is 20.8 Å². The lowest BCUT2D eigenvalue weighted by atomic mass is 10.2. The molecule has 0 heterocycles. The van der Waals surface area contributed by atoms with Gasteiger partial charge in [-0.15, -0.1) is 11.6 Å². The van der Waals surface area contributed by atoms with Crippen LogP contribution in [0.1, 0.15) is 20.8 Å². The number of alkyl halides is 1. The maximum absolute atomic E-state index is 11.0. The predicted molar refractivity (Wildman–Crippen MR) is 64.0 cm³/mol. The van der Waals surface area contributed by atoms with E-state index < -0.39 is 0 Å². The topological polar surface area (TPSA) is 26.3 Å². The fraction of sp³-hybridized carbons (Fsp3) is 0.417. The van der Waals surface area contributed by atoms with Gasteiger partial charge in [0.1, 0.15) is 0 Å². The Hall–Kier alpha value is -1.02. The van der Waals surface area contributed by atoms with Crippen molar-refractivity contribution in [1.82, 2.24) is 0 Å². The quantitative estimate of drug-likeness (QED) is 0.313. The van der Waals surface area contributed by atoms with Crippen LogP contribution < -0.4 is 0 Å². The van der Waals surface area contributed by atoms with Gasteiger partial charge < -0.3 is 4.74 Å². The zero-order chi connectivity index (χ0) is 11.7. The molecule has 84 valence electrons. The molecule has 0 N–H and O–H groups in total. The number of ether oxygens (including phenoxy) is 1. The molecule has 0 saturated carbocycles. The van der Waals surface area contributed by atoms with Gasteiger partial charge in [-0.2, -0.15) is 0 Å². The first-order valence-electron chi connectivity index (χ1n) is 4.85. The van der Waals surface area contributed by atoms with Crippen molar-refractivity contribution < 1.29 is 9.53 Å². The van der Waals surface area contributed by atoms with Gasteiger partial charge in [-0.1, -0.05) is 23.8 Å². The van der Waals surface area contributed by atoms with E-state index in [-0.39, 0.29) is 5.97 Å². The lowest BCUT2D eigenvalue weighted by molar-refractivity contribution is -0.137. The van der Waals surface area contributed by atoms with Gasteiger partial charge in [0.25, 0.3) is 0 Å². The van der Waals surface area contributed by atoms with Crippen molar-refractivity contribution in [2.75, 3.05) is 12.5 Å². The molecule has 0 radical (unpaired) electrons. The van der Waals surface area contributed by atoms with Gasteiger partial charge in [0, 0.05) is 12.0 Å². The summed E-state index contributed by atoms with van der Waals surface area (Å²) in [6, 6.07) is 0. The third kappa shape index (κ3) is 8.01. The molecule has 0 aliphatic heterocycles. The van der Waals surface area contributed by atoms with Crippen LogP contribution in [0.4, 0.5) is 0 Å². The van der Waals surface area contributed by atoms with Gasteiger partial charge in [0.15, 0.2) is 0 Å². The minimum absolute atomic E-state index is 0.308. The molecule has 0 fully saturated rings. The molecule has 0 amide bonds. The van der Waals surface area contributed by atoms with Gasteiger partial charge in [0.05, 0.1) is 6.61 Å². The molecule has 0 atom stereocenters. The lowest BCUT2D eigenvalue weighted by Gasteiger charge is -1.95. The SMILES string of the molecule is CCOC(=O)/C=C(C)/C=C/C=C(\C)CCl. The Kier molecular flexibility index (Phi) is 7.74. The molecule has 0 aromatic carbocycles. The van der Waals surface area contributed by atoms with Crippen molar-refractivity contribution in [2.24, 2.45) is 0 Å². The van der Waals surface area contributed by atoms with Crippen LogP contribution in [-0.4, -0.2) is 18.5 Å².